The van der Waals surface area contributed by atoms with Crippen LogP contribution in [0.15, 0.2) is 85.1 Å². The average molecular weight is 385 g/mol. The summed E-state index contributed by atoms with van der Waals surface area (Å²) in [5.41, 5.74) is 4.27. The first-order chi connectivity index (χ1) is 14.1. The lowest BCUT2D eigenvalue weighted by atomic mass is 10.1. The standard InChI is InChI=1S/C24H20FN3O/c1-17-14-20(25)12-13-22(17)26-24(29)21-16-28(15-18-8-4-2-5-9-18)27-23(21)19-10-6-3-7-11-19/h2-14,16H,15H2,1H3,(H,26,29). The van der Waals surface area contributed by atoms with E-state index >= 15 is 0 Å². The van der Waals surface area contributed by atoms with Gasteiger partial charge in [0, 0.05) is 17.4 Å². The number of amides is 1. The van der Waals surface area contributed by atoms with E-state index in [-0.39, 0.29) is 11.7 Å². The number of aromatic nitrogens is 2. The van der Waals surface area contributed by atoms with Gasteiger partial charge in [0.2, 0.25) is 0 Å². The van der Waals surface area contributed by atoms with Crippen LogP contribution in [-0.2, 0) is 6.54 Å². The third kappa shape index (κ3) is 4.24. The van der Waals surface area contributed by atoms with Crippen LogP contribution in [0.4, 0.5) is 10.1 Å². The molecular formula is C24H20FN3O. The molecular weight excluding hydrogens is 365 g/mol. The van der Waals surface area contributed by atoms with Crippen molar-refractivity contribution < 1.29 is 9.18 Å². The van der Waals surface area contributed by atoms with E-state index in [0.29, 0.717) is 29.1 Å². The Morgan fingerprint density at radius 1 is 1.00 bits per heavy atom. The van der Waals surface area contributed by atoms with E-state index in [9.17, 15) is 9.18 Å². The fraction of sp³-hybridized carbons (Fsp3) is 0.0833. The second kappa shape index (κ2) is 8.10. The lowest BCUT2D eigenvalue weighted by Crippen LogP contribution is -2.13. The highest BCUT2D eigenvalue weighted by Gasteiger charge is 2.19. The number of benzene rings is 3. The highest BCUT2D eigenvalue weighted by Crippen LogP contribution is 2.24. The first-order valence-electron chi connectivity index (χ1n) is 9.34. The van der Waals surface area contributed by atoms with Crippen LogP contribution in [0.1, 0.15) is 21.5 Å². The second-order valence-electron chi connectivity index (χ2n) is 6.85. The van der Waals surface area contributed by atoms with Crippen molar-refractivity contribution in [2.75, 3.05) is 5.32 Å². The van der Waals surface area contributed by atoms with Crippen molar-refractivity contribution in [1.82, 2.24) is 9.78 Å². The van der Waals surface area contributed by atoms with Crippen LogP contribution >= 0.6 is 0 Å². The minimum absolute atomic E-state index is 0.280. The number of hydrogen-bond acceptors (Lipinski definition) is 2. The molecule has 1 amide bonds. The molecule has 1 N–H and O–H groups in total. The van der Waals surface area contributed by atoms with Gasteiger partial charge in [-0.05, 0) is 36.2 Å². The molecule has 0 aliphatic rings. The molecule has 144 valence electrons. The molecule has 5 heteroatoms. The number of anilines is 1. The highest BCUT2D eigenvalue weighted by molar-refractivity contribution is 6.08. The van der Waals surface area contributed by atoms with E-state index in [0.717, 1.165) is 11.1 Å². The molecule has 4 nitrogen and oxygen atoms in total. The maximum absolute atomic E-state index is 13.4. The van der Waals surface area contributed by atoms with Crippen molar-refractivity contribution in [3.05, 3.63) is 108 Å². The Kier molecular flexibility index (Phi) is 5.20. The van der Waals surface area contributed by atoms with Crippen LogP contribution in [0, 0.1) is 12.7 Å². The summed E-state index contributed by atoms with van der Waals surface area (Å²) >= 11 is 0. The summed E-state index contributed by atoms with van der Waals surface area (Å²) in [6.07, 6.45) is 1.75. The zero-order valence-corrected chi connectivity index (χ0v) is 16.0. The molecule has 0 saturated carbocycles. The highest BCUT2D eigenvalue weighted by atomic mass is 19.1. The van der Waals surface area contributed by atoms with Crippen LogP contribution in [0.25, 0.3) is 11.3 Å². The summed E-state index contributed by atoms with van der Waals surface area (Å²) < 4.78 is 15.1. The molecule has 1 aromatic heterocycles. The topological polar surface area (TPSA) is 46.9 Å². The molecule has 3 aromatic carbocycles. The van der Waals surface area contributed by atoms with E-state index in [1.165, 1.54) is 12.1 Å². The molecule has 0 fully saturated rings. The molecule has 0 bridgehead atoms. The average Bonchev–Trinajstić information content (AvgIpc) is 3.15. The van der Waals surface area contributed by atoms with Crippen molar-refractivity contribution >= 4 is 11.6 Å². The van der Waals surface area contributed by atoms with Gasteiger partial charge in [0.25, 0.3) is 5.91 Å². The summed E-state index contributed by atoms with van der Waals surface area (Å²) in [6.45, 7) is 2.32. The summed E-state index contributed by atoms with van der Waals surface area (Å²) in [4.78, 5) is 13.1. The van der Waals surface area contributed by atoms with E-state index in [2.05, 4.69) is 10.4 Å². The molecule has 4 aromatic rings. The Balaban J connectivity index is 1.69. The number of aryl methyl sites for hydroxylation is 1. The number of carbonyl (C=O) groups is 1. The van der Waals surface area contributed by atoms with Crippen molar-refractivity contribution in [2.24, 2.45) is 0 Å². The second-order valence-corrected chi connectivity index (χ2v) is 6.85. The van der Waals surface area contributed by atoms with Gasteiger partial charge in [0.1, 0.15) is 11.5 Å². The van der Waals surface area contributed by atoms with E-state index in [1.54, 1.807) is 23.9 Å². The normalized spacial score (nSPS) is 10.7. The molecule has 0 atom stereocenters. The zero-order chi connectivity index (χ0) is 20.2. The molecule has 0 unspecified atom stereocenters. The van der Waals surface area contributed by atoms with Crippen LogP contribution in [0.3, 0.4) is 0 Å². The van der Waals surface area contributed by atoms with Gasteiger partial charge < -0.3 is 5.32 Å². The maximum atomic E-state index is 13.4. The smallest absolute Gasteiger partial charge is 0.259 e. The summed E-state index contributed by atoms with van der Waals surface area (Å²) in [7, 11) is 0. The first-order valence-corrected chi connectivity index (χ1v) is 9.34. The van der Waals surface area contributed by atoms with Gasteiger partial charge in [-0.25, -0.2) is 4.39 Å². The van der Waals surface area contributed by atoms with Gasteiger partial charge in [0.15, 0.2) is 0 Å². The summed E-state index contributed by atoms with van der Waals surface area (Å²) in [5, 5.41) is 7.55. The largest absolute Gasteiger partial charge is 0.322 e. The number of nitrogens with one attached hydrogen (secondary N) is 1. The molecule has 0 spiro atoms. The lowest BCUT2D eigenvalue weighted by molar-refractivity contribution is 0.102. The molecule has 4 rings (SSSR count). The maximum Gasteiger partial charge on any atom is 0.259 e. The lowest BCUT2D eigenvalue weighted by Gasteiger charge is -2.08. The third-order valence-electron chi connectivity index (χ3n) is 4.68. The number of halogens is 1. The van der Waals surface area contributed by atoms with Gasteiger partial charge in [-0.15, -0.1) is 0 Å². The first kappa shape index (κ1) is 18.6. The third-order valence-corrected chi connectivity index (χ3v) is 4.68. The number of carbonyl (C=O) groups excluding carboxylic acids is 1. The van der Waals surface area contributed by atoms with E-state index in [1.807, 2.05) is 60.7 Å². The van der Waals surface area contributed by atoms with Gasteiger partial charge in [0.05, 0.1) is 12.1 Å². The van der Waals surface area contributed by atoms with Gasteiger partial charge >= 0.3 is 0 Å². The predicted octanol–water partition coefficient (Wildman–Crippen LogP) is 5.30. The Labute approximate surface area is 168 Å². The molecule has 0 aliphatic carbocycles. The Hall–Kier alpha value is -3.73. The van der Waals surface area contributed by atoms with Crippen LogP contribution in [0.5, 0.6) is 0 Å². The SMILES string of the molecule is Cc1cc(F)ccc1NC(=O)c1cn(Cc2ccccc2)nc1-c1ccccc1. The predicted molar refractivity (Wildman–Crippen MR) is 112 cm³/mol. The van der Waals surface area contributed by atoms with Crippen molar-refractivity contribution in [1.29, 1.82) is 0 Å². The molecule has 0 aliphatic heterocycles. The molecule has 29 heavy (non-hydrogen) atoms. The van der Waals surface area contributed by atoms with Gasteiger partial charge in [-0.3, -0.25) is 9.48 Å². The fourth-order valence-corrected chi connectivity index (χ4v) is 3.21. The molecule has 0 radical (unpaired) electrons. The van der Waals surface area contributed by atoms with E-state index in [4.69, 9.17) is 0 Å². The van der Waals surface area contributed by atoms with Crippen LogP contribution in [-0.4, -0.2) is 15.7 Å². The van der Waals surface area contributed by atoms with E-state index < -0.39 is 0 Å². The monoisotopic (exact) mass is 385 g/mol. The summed E-state index contributed by atoms with van der Waals surface area (Å²) in [6, 6.07) is 23.9. The zero-order valence-electron chi connectivity index (χ0n) is 16.0. The number of hydrogen-bond donors (Lipinski definition) is 1. The number of nitrogens with zero attached hydrogens (tertiary/aromatic N) is 2. The minimum atomic E-state index is -0.332. The Morgan fingerprint density at radius 3 is 2.38 bits per heavy atom. The quantitative estimate of drug-likeness (QED) is 0.507. The van der Waals surface area contributed by atoms with Crippen LogP contribution < -0.4 is 5.32 Å². The van der Waals surface area contributed by atoms with Crippen molar-refractivity contribution in [3.8, 4) is 11.3 Å². The Morgan fingerprint density at radius 2 is 1.69 bits per heavy atom. The van der Waals surface area contributed by atoms with Crippen molar-refractivity contribution in [3.63, 3.8) is 0 Å². The molecule has 1 heterocycles. The summed E-state index contributed by atoms with van der Waals surface area (Å²) in [5.74, 6) is -0.612. The molecule has 0 saturated heterocycles. The fourth-order valence-electron chi connectivity index (χ4n) is 3.21. The van der Waals surface area contributed by atoms with Gasteiger partial charge in [-0.2, -0.15) is 5.10 Å². The van der Waals surface area contributed by atoms with Gasteiger partial charge in [-0.1, -0.05) is 60.7 Å². The van der Waals surface area contributed by atoms with Crippen LogP contribution in [0.2, 0.25) is 0 Å². The van der Waals surface area contributed by atoms with Crippen molar-refractivity contribution in [2.45, 2.75) is 13.5 Å². The number of rotatable bonds is 5. The minimum Gasteiger partial charge on any atom is -0.322 e. The Bertz CT molecular complexity index is 1140.